The molecule has 0 aliphatic heterocycles. The minimum atomic E-state index is -0.719. The second kappa shape index (κ2) is 4.45. The fourth-order valence-electron chi connectivity index (χ4n) is 2.08. The number of amides is 1. The van der Waals surface area contributed by atoms with Crippen LogP contribution < -0.4 is 5.73 Å². The maximum atomic E-state index is 12.2. The molecule has 1 amide bonds. The summed E-state index contributed by atoms with van der Waals surface area (Å²) < 4.78 is 0. The van der Waals surface area contributed by atoms with Gasteiger partial charge in [0, 0.05) is 13.2 Å². The summed E-state index contributed by atoms with van der Waals surface area (Å²) in [6, 6.07) is 5.69. The van der Waals surface area contributed by atoms with E-state index in [0.29, 0.717) is 12.5 Å². The van der Waals surface area contributed by atoms with Gasteiger partial charge >= 0.3 is 0 Å². The van der Waals surface area contributed by atoms with Gasteiger partial charge in [-0.05, 0) is 37.8 Å². The number of hydrogen-bond acceptors (Lipinski definition) is 3. The van der Waals surface area contributed by atoms with Gasteiger partial charge in [-0.1, -0.05) is 6.07 Å². The summed E-state index contributed by atoms with van der Waals surface area (Å²) in [6.45, 7) is 2.35. The molecule has 1 atom stereocenters. The third kappa shape index (κ3) is 2.64. The standard InChI is InChI=1S/C13H19N3O/c1-13(14,10-6-7-10)12(17)16(2)9-11-5-3-4-8-15-11/h3-5,8,10H,6-7,9,14H2,1-2H3. The van der Waals surface area contributed by atoms with E-state index in [1.807, 2.05) is 25.1 Å². The van der Waals surface area contributed by atoms with E-state index in [-0.39, 0.29) is 5.91 Å². The summed E-state index contributed by atoms with van der Waals surface area (Å²) >= 11 is 0. The van der Waals surface area contributed by atoms with Gasteiger partial charge < -0.3 is 10.6 Å². The van der Waals surface area contributed by atoms with Crippen molar-refractivity contribution in [3.63, 3.8) is 0 Å². The highest BCUT2D eigenvalue weighted by atomic mass is 16.2. The molecule has 1 aromatic heterocycles. The van der Waals surface area contributed by atoms with Crippen LogP contribution in [-0.2, 0) is 11.3 Å². The number of likely N-dealkylation sites (N-methyl/N-ethyl adjacent to an activating group) is 1. The molecule has 0 spiro atoms. The molecule has 1 heterocycles. The molecule has 4 heteroatoms. The lowest BCUT2D eigenvalue weighted by molar-refractivity contribution is -0.136. The van der Waals surface area contributed by atoms with Gasteiger partial charge in [-0.15, -0.1) is 0 Å². The molecule has 92 valence electrons. The number of pyridine rings is 1. The quantitative estimate of drug-likeness (QED) is 0.849. The van der Waals surface area contributed by atoms with Gasteiger partial charge in [-0.25, -0.2) is 0 Å². The monoisotopic (exact) mass is 233 g/mol. The van der Waals surface area contributed by atoms with Crippen LogP contribution in [0.4, 0.5) is 0 Å². The Hall–Kier alpha value is -1.42. The van der Waals surface area contributed by atoms with Crippen LogP contribution in [0, 0.1) is 5.92 Å². The molecular formula is C13H19N3O. The maximum Gasteiger partial charge on any atom is 0.242 e. The molecule has 1 aromatic rings. The van der Waals surface area contributed by atoms with Crippen LogP contribution in [-0.4, -0.2) is 28.4 Å². The molecule has 0 radical (unpaired) electrons. The first-order valence-corrected chi connectivity index (χ1v) is 5.96. The first kappa shape index (κ1) is 12.0. The Bertz CT molecular complexity index is 398. The normalized spacial score (nSPS) is 18.5. The van der Waals surface area contributed by atoms with Gasteiger partial charge in [0.05, 0.1) is 17.8 Å². The molecule has 2 rings (SSSR count). The van der Waals surface area contributed by atoms with Crippen LogP contribution in [0.5, 0.6) is 0 Å². The third-order valence-corrected chi connectivity index (χ3v) is 3.36. The molecule has 0 saturated heterocycles. The van der Waals surface area contributed by atoms with Gasteiger partial charge in [-0.3, -0.25) is 9.78 Å². The lowest BCUT2D eigenvalue weighted by Gasteiger charge is -2.29. The van der Waals surface area contributed by atoms with Crippen LogP contribution >= 0.6 is 0 Å². The van der Waals surface area contributed by atoms with Crippen LogP contribution in [0.2, 0.25) is 0 Å². The predicted octanol–water partition coefficient (Wildman–Crippen LogP) is 1.17. The van der Waals surface area contributed by atoms with Gasteiger partial charge in [0.25, 0.3) is 0 Å². The topological polar surface area (TPSA) is 59.2 Å². The zero-order valence-corrected chi connectivity index (χ0v) is 10.4. The Balaban J connectivity index is 2.00. The Morgan fingerprint density at radius 3 is 2.82 bits per heavy atom. The molecule has 1 saturated carbocycles. The molecule has 2 N–H and O–H groups in total. The number of aromatic nitrogens is 1. The highest BCUT2D eigenvalue weighted by Crippen LogP contribution is 2.38. The first-order chi connectivity index (χ1) is 8.01. The number of carbonyl (C=O) groups excluding carboxylic acids is 1. The van der Waals surface area contributed by atoms with Crippen molar-refractivity contribution in [3.8, 4) is 0 Å². The molecule has 1 aliphatic carbocycles. The van der Waals surface area contributed by atoms with Crippen molar-refractivity contribution < 1.29 is 4.79 Å². The Morgan fingerprint density at radius 2 is 2.29 bits per heavy atom. The van der Waals surface area contributed by atoms with E-state index in [2.05, 4.69) is 4.98 Å². The largest absolute Gasteiger partial charge is 0.338 e. The second-order valence-corrected chi connectivity index (χ2v) is 5.04. The van der Waals surface area contributed by atoms with Crippen molar-refractivity contribution in [3.05, 3.63) is 30.1 Å². The van der Waals surface area contributed by atoms with E-state index in [9.17, 15) is 4.79 Å². The summed E-state index contributed by atoms with van der Waals surface area (Å²) in [5, 5.41) is 0. The second-order valence-electron chi connectivity index (χ2n) is 5.04. The van der Waals surface area contributed by atoms with Crippen LogP contribution in [0.1, 0.15) is 25.5 Å². The molecule has 17 heavy (non-hydrogen) atoms. The summed E-state index contributed by atoms with van der Waals surface area (Å²) in [6.07, 6.45) is 3.86. The van der Waals surface area contributed by atoms with Gasteiger partial charge in [0.15, 0.2) is 0 Å². The zero-order valence-electron chi connectivity index (χ0n) is 10.4. The van der Waals surface area contributed by atoms with Crippen LogP contribution in [0.3, 0.4) is 0 Å². The van der Waals surface area contributed by atoms with E-state index in [1.165, 1.54) is 0 Å². The van der Waals surface area contributed by atoms with Crippen LogP contribution in [0.25, 0.3) is 0 Å². The molecule has 4 nitrogen and oxygen atoms in total. The van der Waals surface area contributed by atoms with E-state index >= 15 is 0 Å². The summed E-state index contributed by atoms with van der Waals surface area (Å²) in [5.41, 5.74) is 6.27. The average molecular weight is 233 g/mol. The minimum absolute atomic E-state index is 0.00523. The van der Waals surface area contributed by atoms with E-state index in [0.717, 1.165) is 18.5 Å². The summed E-state index contributed by atoms with van der Waals surface area (Å²) in [5.74, 6) is 0.354. The Kier molecular flexibility index (Phi) is 3.15. The number of nitrogens with zero attached hydrogens (tertiary/aromatic N) is 2. The Morgan fingerprint density at radius 1 is 1.59 bits per heavy atom. The van der Waals surface area contributed by atoms with Gasteiger partial charge in [0.1, 0.15) is 0 Å². The van der Waals surface area contributed by atoms with Crippen molar-refractivity contribution in [2.45, 2.75) is 31.8 Å². The predicted molar refractivity (Wildman–Crippen MR) is 66.0 cm³/mol. The van der Waals surface area contributed by atoms with Crippen LogP contribution in [0.15, 0.2) is 24.4 Å². The van der Waals surface area contributed by atoms with Crippen molar-refractivity contribution in [1.29, 1.82) is 0 Å². The van der Waals surface area contributed by atoms with Crippen molar-refractivity contribution >= 4 is 5.91 Å². The summed E-state index contributed by atoms with van der Waals surface area (Å²) in [4.78, 5) is 18.1. The van der Waals surface area contributed by atoms with E-state index in [4.69, 9.17) is 5.73 Å². The van der Waals surface area contributed by atoms with E-state index < -0.39 is 5.54 Å². The molecule has 1 fully saturated rings. The first-order valence-electron chi connectivity index (χ1n) is 5.96. The molecule has 1 unspecified atom stereocenters. The molecule has 1 aliphatic rings. The molecular weight excluding hydrogens is 214 g/mol. The highest BCUT2D eigenvalue weighted by molar-refractivity contribution is 5.86. The third-order valence-electron chi connectivity index (χ3n) is 3.36. The Labute approximate surface area is 102 Å². The smallest absolute Gasteiger partial charge is 0.242 e. The number of carbonyl (C=O) groups is 1. The van der Waals surface area contributed by atoms with Crippen molar-refractivity contribution in [1.82, 2.24) is 9.88 Å². The fraction of sp³-hybridized carbons (Fsp3) is 0.538. The van der Waals surface area contributed by atoms with Crippen molar-refractivity contribution in [2.24, 2.45) is 11.7 Å². The van der Waals surface area contributed by atoms with Gasteiger partial charge in [0.2, 0.25) is 5.91 Å². The summed E-state index contributed by atoms with van der Waals surface area (Å²) in [7, 11) is 1.78. The van der Waals surface area contributed by atoms with E-state index in [1.54, 1.807) is 18.1 Å². The number of hydrogen-bond donors (Lipinski definition) is 1. The lowest BCUT2D eigenvalue weighted by atomic mass is 9.95. The zero-order chi connectivity index (χ0) is 12.5. The molecule has 0 aromatic carbocycles. The maximum absolute atomic E-state index is 12.2. The molecule has 0 bridgehead atoms. The van der Waals surface area contributed by atoms with Crippen molar-refractivity contribution in [2.75, 3.05) is 7.05 Å². The van der Waals surface area contributed by atoms with Gasteiger partial charge in [-0.2, -0.15) is 0 Å². The average Bonchev–Trinajstić information content (AvgIpc) is 3.13. The SMILES string of the molecule is CN(Cc1ccccn1)C(=O)C(C)(N)C1CC1. The number of rotatable bonds is 4. The lowest BCUT2D eigenvalue weighted by Crippen LogP contribution is -2.53. The highest BCUT2D eigenvalue weighted by Gasteiger charge is 2.45. The number of nitrogens with two attached hydrogens (primary N) is 1. The fourth-order valence-corrected chi connectivity index (χ4v) is 2.08. The minimum Gasteiger partial charge on any atom is -0.338 e.